The zero-order valence-electron chi connectivity index (χ0n) is 12.7. The number of benzene rings is 1. The number of nitrogens with one attached hydrogen (secondary N) is 1. The summed E-state index contributed by atoms with van der Waals surface area (Å²) in [5, 5.41) is 4.22. The molecule has 2 rings (SSSR count). The Morgan fingerprint density at radius 2 is 2.05 bits per heavy atom. The van der Waals surface area contributed by atoms with Gasteiger partial charge >= 0.3 is 0 Å². The Morgan fingerprint density at radius 3 is 2.65 bits per heavy atom. The molecule has 1 aliphatic rings. The molecule has 1 saturated carbocycles. The maximum Gasteiger partial charge on any atom is 0.179 e. The highest BCUT2D eigenvalue weighted by molar-refractivity contribution is 6.33. The van der Waals surface area contributed by atoms with Crippen LogP contribution in [0.1, 0.15) is 31.7 Å². The van der Waals surface area contributed by atoms with Gasteiger partial charge in [-0.05, 0) is 48.9 Å². The van der Waals surface area contributed by atoms with Crippen LogP contribution in [0, 0.1) is 11.8 Å². The third-order valence-electron chi connectivity index (χ3n) is 3.80. The van der Waals surface area contributed by atoms with Gasteiger partial charge in [0.1, 0.15) is 0 Å². The summed E-state index contributed by atoms with van der Waals surface area (Å²) in [4.78, 5) is 0. The van der Waals surface area contributed by atoms with E-state index >= 15 is 0 Å². The first-order chi connectivity index (χ1) is 9.58. The van der Waals surface area contributed by atoms with Crippen molar-refractivity contribution in [2.24, 2.45) is 11.8 Å². The Kier molecular flexibility index (Phi) is 5.17. The van der Waals surface area contributed by atoms with Gasteiger partial charge in [0.2, 0.25) is 0 Å². The van der Waals surface area contributed by atoms with Gasteiger partial charge in [-0.2, -0.15) is 0 Å². The number of methoxy groups -OCH3 is 2. The van der Waals surface area contributed by atoms with Crippen molar-refractivity contribution in [1.29, 1.82) is 0 Å². The van der Waals surface area contributed by atoms with Crippen LogP contribution in [0.2, 0.25) is 5.02 Å². The summed E-state index contributed by atoms with van der Waals surface area (Å²) in [5.41, 5.74) is 1.18. The van der Waals surface area contributed by atoms with Gasteiger partial charge in [0, 0.05) is 0 Å². The Bertz CT molecular complexity index is 462. The average molecular weight is 298 g/mol. The molecule has 0 radical (unpaired) electrons. The van der Waals surface area contributed by atoms with Crippen molar-refractivity contribution in [1.82, 2.24) is 5.32 Å². The molecule has 0 aromatic heterocycles. The quantitative estimate of drug-likeness (QED) is 0.832. The molecule has 0 saturated heterocycles. The third kappa shape index (κ3) is 3.39. The molecule has 1 aromatic rings. The molecule has 2 atom stereocenters. The minimum Gasteiger partial charge on any atom is -0.493 e. The van der Waals surface area contributed by atoms with E-state index < -0.39 is 0 Å². The molecule has 2 unspecified atom stereocenters. The standard InChI is InChI=1S/C16H24ClNO2/c1-10(2)8-18-9-11-7-13(11)12-5-6-14(19-3)16(20-4)15(12)17/h5-6,10-11,13,18H,7-9H2,1-4H3. The molecule has 0 heterocycles. The normalized spacial score (nSPS) is 21.1. The zero-order valence-corrected chi connectivity index (χ0v) is 13.5. The van der Waals surface area contributed by atoms with Crippen molar-refractivity contribution in [3.8, 4) is 11.5 Å². The second-order valence-electron chi connectivity index (χ2n) is 5.86. The van der Waals surface area contributed by atoms with Crippen molar-refractivity contribution >= 4 is 11.6 Å². The van der Waals surface area contributed by atoms with Gasteiger partial charge in [0.15, 0.2) is 11.5 Å². The van der Waals surface area contributed by atoms with Gasteiger partial charge in [0.05, 0.1) is 19.2 Å². The van der Waals surface area contributed by atoms with Crippen LogP contribution in [-0.2, 0) is 0 Å². The highest BCUT2D eigenvalue weighted by Gasteiger charge is 2.39. The fraction of sp³-hybridized carbons (Fsp3) is 0.625. The van der Waals surface area contributed by atoms with E-state index in [4.69, 9.17) is 21.1 Å². The molecule has 1 aliphatic carbocycles. The summed E-state index contributed by atoms with van der Waals surface area (Å²) in [6.45, 7) is 6.58. The summed E-state index contributed by atoms with van der Waals surface area (Å²) in [6.07, 6.45) is 1.19. The predicted octanol–water partition coefficient (Wildman–Crippen LogP) is 3.71. The summed E-state index contributed by atoms with van der Waals surface area (Å²) >= 11 is 6.45. The molecule has 1 N–H and O–H groups in total. The number of hydrogen-bond donors (Lipinski definition) is 1. The first-order valence-corrected chi connectivity index (χ1v) is 7.57. The first kappa shape index (κ1) is 15.5. The predicted molar refractivity (Wildman–Crippen MR) is 83.1 cm³/mol. The van der Waals surface area contributed by atoms with Crippen molar-refractivity contribution in [3.63, 3.8) is 0 Å². The van der Waals surface area contributed by atoms with Gasteiger partial charge in [-0.15, -0.1) is 0 Å². The molecule has 3 nitrogen and oxygen atoms in total. The van der Waals surface area contributed by atoms with E-state index in [1.54, 1.807) is 14.2 Å². The van der Waals surface area contributed by atoms with Crippen LogP contribution in [0.5, 0.6) is 11.5 Å². The smallest absolute Gasteiger partial charge is 0.179 e. The van der Waals surface area contributed by atoms with Crippen LogP contribution in [0.3, 0.4) is 0 Å². The van der Waals surface area contributed by atoms with E-state index in [1.807, 2.05) is 6.07 Å². The van der Waals surface area contributed by atoms with Crippen molar-refractivity contribution < 1.29 is 9.47 Å². The maximum absolute atomic E-state index is 6.45. The van der Waals surface area contributed by atoms with Crippen LogP contribution in [-0.4, -0.2) is 27.3 Å². The zero-order chi connectivity index (χ0) is 14.7. The Labute approximate surface area is 126 Å². The minimum atomic E-state index is 0.543. The van der Waals surface area contributed by atoms with Crippen molar-refractivity contribution in [3.05, 3.63) is 22.7 Å². The molecule has 0 spiro atoms. The largest absolute Gasteiger partial charge is 0.493 e. The lowest BCUT2D eigenvalue weighted by Crippen LogP contribution is -2.22. The Balaban J connectivity index is 2.01. The highest BCUT2D eigenvalue weighted by atomic mass is 35.5. The fourth-order valence-corrected chi connectivity index (χ4v) is 2.98. The van der Waals surface area contributed by atoms with E-state index in [0.717, 1.165) is 13.1 Å². The first-order valence-electron chi connectivity index (χ1n) is 7.19. The second-order valence-corrected chi connectivity index (χ2v) is 6.24. The van der Waals surface area contributed by atoms with E-state index in [1.165, 1.54) is 12.0 Å². The van der Waals surface area contributed by atoms with Crippen molar-refractivity contribution in [2.45, 2.75) is 26.2 Å². The number of halogens is 1. The molecule has 20 heavy (non-hydrogen) atoms. The molecule has 4 heteroatoms. The SMILES string of the molecule is COc1ccc(C2CC2CNCC(C)C)c(Cl)c1OC. The molecule has 0 bridgehead atoms. The molecule has 1 aromatic carbocycles. The molecule has 0 aliphatic heterocycles. The van der Waals surface area contributed by atoms with Gasteiger partial charge in [-0.3, -0.25) is 0 Å². The van der Waals surface area contributed by atoms with Crippen LogP contribution < -0.4 is 14.8 Å². The number of rotatable bonds is 7. The van der Waals surface area contributed by atoms with Crippen molar-refractivity contribution in [2.75, 3.05) is 27.3 Å². The topological polar surface area (TPSA) is 30.5 Å². The highest BCUT2D eigenvalue weighted by Crippen LogP contribution is 2.52. The van der Waals surface area contributed by atoms with E-state index in [0.29, 0.717) is 34.3 Å². The van der Waals surface area contributed by atoms with Gasteiger partial charge in [-0.1, -0.05) is 31.5 Å². The van der Waals surface area contributed by atoms with Gasteiger partial charge in [-0.25, -0.2) is 0 Å². The number of ether oxygens (including phenoxy) is 2. The molecular formula is C16H24ClNO2. The second kappa shape index (κ2) is 6.68. The van der Waals surface area contributed by atoms with E-state index in [9.17, 15) is 0 Å². The molecule has 1 fully saturated rings. The average Bonchev–Trinajstić information content (AvgIpc) is 3.17. The summed E-state index contributed by atoms with van der Waals surface area (Å²) in [5.74, 6) is 3.26. The van der Waals surface area contributed by atoms with Crippen LogP contribution in [0.25, 0.3) is 0 Å². The Morgan fingerprint density at radius 1 is 1.30 bits per heavy atom. The molecule has 112 valence electrons. The molecule has 0 amide bonds. The Hall–Kier alpha value is -0.930. The van der Waals surface area contributed by atoms with Crippen LogP contribution >= 0.6 is 11.6 Å². The third-order valence-corrected chi connectivity index (χ3v) is 4.19. The summed E-state index contributed by atoms with van der Waals surface area (Å²) in [7, 11) is 3.26. The summed E-state index contributed by atoms with van der Waals surface area (Å²) in [6, 6.07) is 4.01. The van der Waals surface area contributed by atoms with Crippen LogP contribution in [0.4, 0.5) is 0 Å². The van der Waals surface area contributed by atoms with Crippen LogP contribution in [0.15, 0.2) is 12.1 Å². The maximum atomic E-state index is 6.45. The minimum absolute atomic E-state index is 0.543. The lowest BCUT2D eigenvalue weighted by Gasteiger charge is -2.13. The van der Waals surface area contributed by atoms with Gasteiger partial charge < -0.3 is 14.8 Å². The van der Waals surface area contributed by atoms with E-state index in [-0.39, 0.29) is 0 Å². The monoisotopic (exact) mass is 297 g/mol. The summed E-state index contributed by atoms with van der Waals surface area (Å²) < 4.78 is 10.6. The lowest BCUT2D eigenvalue weighted by molar-refractivity contribution is 0.354. The number of hydrogen-bond acceptors (Lipinski definition) is 3. The molecular weight excluding hydrogens is 274 g/mol. The lowest BCUT2D eigenvalue weighted by atomic mass is 10.1. The van der Waals surface area contributed by atoms with Gasteiger partial charge in [0.25, 0.3) is 0 Å². The van der Waals surface area contributed by atoms with E-state index in [2.05, 4.69) is 25.2 Å². The fourth-order valence-electron chi connectivity index (χ4n) is 2.60.